The van der Waals surface area contributed by atoms with Crippen LogP contribution in [-0.2, 0) is 6.61 Å². The van der Waals surface area contributed by atoms with E-state index in [-0.39, 0.29) is 6.61 Å². The van der Waals surface area contributed by atoms with Gasteiger partial charge in [-0.15, -0.1) is 0 Å². The van der Waals surface area contributed by atoms with Gasteiger partial charge >= 0.3 is 0 Å². The summed E-state index contributed by atoms with van der Waals surface area (Å²) in [5.41, 5.74) is 3.32. The summed E-state index contributed by atoms with van der Waals surface area (Å²) in [4.78, 5) is 2.32. The predicted molar refractivity (Wildman–Crippen MR) is 63.3 cm³/mol. The highest BCUT2D eigenvalue weighted by atomic mass is 16.3. The molecule has 1 heterocycles. The summed E-state index contributed by atoms with van der Waals surface area (Å²) in [5.74, 6) is 0. The molecule has 0 radical (unpaired) electrons. The zero-order valence-corrected chi connectivity index (χ0v) is 9.33. The summed E-state index contributed by atoms with van der Waals surface area (Å²) >= 11 is 0. The van der Waals surface area contributed by atoms with Crippen LogP contribution in [0.2, 0.25) is 0 Å². The van der Waals surface area contributed by atoms with Crippen LogP contribution in [0, 0.1) is 0 Å². The van der Waals surface area contributed by atoms with Gasteiger partial charge in [-0.3, -0.25) is 0 Å². The van der Waals surface area contributed by atoms with Crippen LogP contribution >= 0.6 is 0 Å². The van der Waals surface area contributed by atoms with Gasteiger partial charge in [-0.1, -0.05) is 12.1 Å². The van der Waals surface area contributed by atoms with Crippen molar-refractivity contribution < 1.29 is 5.11 Å². The Balaban J connectivity index is 2.46. The number of para-hydroxylation sites is 1. The average molecular weight is 206 g/mol. The third-order valence-electron chi connectivity index (χ3n) is 2.88. The average Bonchev–Trinajstić information content (AvgIpc) is 2.26. The van der Waals surface area contributed by atoms with E-state index in [4.69, 9.17) is 0 Å². The summed E-state index contributed by atoms with van der Waals surface area (Å²) in [7, 11) is 0. The second kappa shape index (κ2) is 4.11. The van der Waals surface area contributed by atoms with Crippen LogP contribution in [0.1, 0.15) is 19.4 Å². The number of anilines is 2. The van der Waals surface area contributed by atoms with Gasteiger partial charge in [-0.25, -0.2) is 0 Å². The maximum atomic E-state index is 9.32. The molecule has 1 aliphatic heterocycles. The van der Waals surface area contributed by atoms with E-state index in [1.54, 1.807) is 0 Å². The Morgan fingerprint density at radius 1 is 1.53 bits per heavy atom. The fourth-order valence-electron chi connectivity index (χ4n) is 2.23. The van der Waals surface area contributed by atoms with Gasteiger partial charge in [0.1, 0.15) is 0 Å². The molecule has 1 unspecified atom stereocenters. The Hall–Kier alpha value is -1.22. The fraction of sp³-hybridized carbons (Fsp3) is 0.500. The van der Waals surface area contributed by atoms with Gasteiger partial charge in [0.15, 0.2) is 0 Å². The molecule has 0 aliphatic carbocycles. The van der Waals surface area contributed by atoms with Crippen molar-refractivity contribution >= 4 is 11.4 Å². The molecule has 3 nitrogen and oxygen atoms in total. The van der Waals surface area contributed by atoms with Crippen LogP contribution in [0.5, 0.6) is 0 Å². The highest BCUT2D eigenvalue weighted by Crippen LogP contribution is 2.34. The number of likely N-dealkylation sites (N-methyl/N-ethyl adjacent to an activating group) is 1. The zero-order valence-electron chi connectivity index (χ0n) is 9.33. The molecule has 0 spiro atoms. The molecule has 0 saturated carbocycles. The van der Waals surface area contributed by atoms with E-state index in [9.17, 15) is 5.11 Å². The van der Waals surface area contributed by atoms with Crippen molar-refractivity contribution in [2.75, 3.05) is 23.3 Å². The highest BCUT2D eigenvalue weighted by molar-refractivity contribution is 5.76. The maximum absolute atomic E-state index is 9.32. The maximum Gasteiger partial charge on any atom is 0.0702 e. The number of hydrogen-bond donors (Lipinski definition) is 2. The third-order valence-corrected chi connectivity index (χ3v) is 2.88. The van der Waals surface area contributed by atoms with Gasteiger partial charge in [-0.2, -0.15) is 0 Å². The molecule has 0 aromatic heterocycles. The SMILES string of the molecule is CCN1CC(C)Nc2cccc(CO)c21. The molecule has 1 atom stereocenters. The molecule has 2 N–H and O–H groups in total. The molecule has 0 amide bonds. The molecule has 1 aromatic rings. The number of rotatable bonds is 2. The lowest BCUT2D eigenvalue weighted by atomic mass is 10.1. The van der Waals surface area contributed by atoms with Crippen LogP contribution in [0.25, 0.3) is 0 Å². The van der Waals surface area contributed by atoms with E-state index in [0.29, 0.717) is 6.04 Å². The van der Waals surface area contributed by atoms with E-state index >= 15 is 0 Å². The number of aliphatic hydroxyl groups is 1. The third kappa shape index (κ3) is 1.79. The van der Waals surface area contributed by atoms with Gasteiger partial charge in [0, 0.05) is 24.7 Å². The first kappa shape index (κ1) is 10.3. The van der Waals surface area contributed by atoms with Gasteiger partial charge in [0.2, 0.25) is 0 Å². The molecule has 1 aromatic carbocycles. The number of fused-ring (bicyclic) bond motifs is 1. The number of nitrogens with one attached hydrogen (secondary N) is 1. The molecular weight excluding hydrogens is 188 g/mol. The first-order chi connectivity index (χ1) is 7.26. The van der Waals surface area contributed by atoms with Crippen LogP contribution in [-0.4, -0.2) is 24.2 Å². The Bertz CT molecular complexity index is 351. The first-order valence-corrected chi connectivity index (χ1v) is 5.50. The van der Waals surface area contributed by atoms with Crippen LogP contribution in [0.3, 0.4) is 0 Å². The summed E-state index contributed by atoms with van der Waals surface area (Å²) in [6.07, 6.45) is 0. The van der Waals surface area contributed by atoms with Gasteiger partial charge in [-0.05, 0) is 19.9 Å². The summed E-state index contributed by atoms with van der Waals surface area (Å²) < 4.78 is 0. The van der Waals surface area contributed by atoms with E-state index in [2.05, 4.69) is 30.1 Å². The Kier molecular flexibility index (Phi) is 2.82. The Labute approximate surface area is 90.7 Å². The van der Waals surface area contributed by atoms with Crippen molar-refractivity contribution in [3.8, 4) is 0 Å². The van der Waals surface area contributed by atoms with Gasteiger partial charge in [0.25, 0.3) is 0 Å². The van der Waals surface area contributed by atoms with Crippen molar-refractivity contribution in [2.45, 2.75) is 26.5 Å². The minimum atomic E-state index is 0.107. The van der Waals surface area contributed by atoms with E-state index in [0.717, 1.165) is 24.3 Å². The lowest BCUT2D eigenvalue weighted by Gasteiger charge is -2.36. The topological polar surface area (TPSA) is 35.5 Å². The second-order valence-electron chi connectivity index (χ2n) is 4.06. The molecule has 15 heavy (non-hydrogen) atoms. The molecule has 82 valence electrons. The summed E-state index contributed by atoms with van der Waals surface area (Å²) in [5, 5.41) is 12.8. The lowest BCUT2D eigenvalue weighted by Crippen LogP contribution is -2.40. The largest absolute Gasteiger partial charge is 0.392 e. The molecule has 0 fully saturated rings. The van der Waals surface area contributed by atoms with Crippen LogP contribution < -0.4 is 10.2 Å². The number of benzene rings is 1. The van der Waals surface area contributed by atoms with Gasteiger partial charge in [0.05, 0.1) is 18.0 Å². The number of aliphatic hydroxyl groups excluding tert-OH is 1. The van der Waals surface area contributed by atoms with Crippen molar-refractivity contribution in [2.24, 2.45) is 0 Å². The fourth-order valence-corrected chi connectivity index (χ4v) is 2.23. The number of hydrogen-bond acceptors (Lipinski definition) is 3. The van der Waals surface area contributed by atoms with Crippen molar-refractivity contribution in [3.05, 3.63) is 23.8 Å². The van der Waals surface area contributed by atoms with E-state index in [1.807, 2.05) is 12.1 Å². The lowest BCUT2D eigenvalue weighted by molar-refractivity contribution is 0.282. The summed E-state index contributed by atoms with van der Waals surface area (Å²) in [6, 6.07) is 6.52. The first-order valence-electron chi connectivity index (χ1n) is 5.50. The zero-order chi connectivity index (χ0) is 10.8. The van der Waals surface area contributed by atoms with Crippen LogP contribution in [0.15, 0.2) is 18.2 Å². The molecular formula is C12H18N2O. The number of nitrogens with zero attached hydrogens (tertiary/aromatic N) is 1. The van der Waals surface area contributed by atoms with E-state index in [1.165, 1.54) is 5.69 Å². The normalized spacial score (nSPS) is 19.7. The second-order valence-corrected chi connectivity index (χ2v) is 4.06. The highest BCUT2D eigenvalue weighted by Gasteiger charge is 2.21. The minimum absolute atomic E-state index is 0.107. The van der Waals surface area contributed by atoms with E-state index < -0.39 is 0 Å². The standard InChI is InChI=1S/C12H18N2O/c1-3-14-7-9(2)13-11-6-4-5-10(8-15)12(11)14/h4-6,9,13,15H,3,7-8H2,1-2H3. The molecule has 2 rings (SSSR count). The summed E-state index contributed by atoms with van der Waals surface area (Å²) in [6.45, 7) is 6.42. The molecule has 3 heteroatoms. The van der Waals surface area contributed by atoms with Gasteiger partial charge < -0.3 is 15.3 Å². The Morgan fingerprint density at radius 2 is 2.33 bits per heavy atom. The smallest absolute Gasteiger partial charge is 0.0702 e. The van der Waals surface area contributed by atoms with Crippen LogP contribution in [0.4, 0.5) is 11.4 Å². The van der Waals surface area contributed by atoms with Crippen molar-refractivity contribution in [3.63, 3.8) is 0 Å². The predicted octanol–water partition coefficient (Wildman–Crippen LogP) is 1.82. The quantitative estimate of drug-likeness (QED) is 0.774. The molecule has 0 bridgehead atoms. The molecule has 1 aliphatic rings. The molecule has 0 saturated heterocycles. The van der Waals surface area contributed by atoms with Crippen molar-refractivity contribution in [1.82, 2.24) is 0 Å². The minimum Gasteiger partial charge on any atom is -0.392 e. The van der Waals surface area contributed by atoms with Crippen molar-refractivity contribution in [1.29, 1.82) is 0 Å². The monoisotopic (exact) mass is 206 g/mol. The Morgan fingerprint density at radius 3 is 3.00 bits per heavy atom.